The van der Waals surface area contributed by atoms with Crippen molar-refractivity contribution < 1.29 is 19.6 Å². The number of carboxylic acid groups (broad SMARTS) is 1. The van der Waals surface area contributed by atoms with Crippen LogP contribution in [0.15, 0.2) is 18.2 Å². The average molecular weight is 297 g/mol. The van der Waals surface area contributed by atoms with E-state index in [0.717, 1.165) is 4.90 Å². The molecule has 1 amide bonds. The fraction of sp³-hybridized carbons (Fsp3) is 0.167. The van der Waals surface area contributed by atoms with Crippen LogP contribution in [0.2, 0.25) is 5.02 Å². The lowest BCUT2D eigenvalue weighted by Crippen LogP contribution is -2.36. The molecule has 0 aromatic heterocycles. The first-order valence-electron chi connectivity index (χ1n) is 5.26. The number of carboxylic acids is 1. The second-order valence-corrected chi connectivity index (χ2v) is 4.06. The highest BCUT2D eigenvalue weighted by atomic mass is 35.5. The van der Waals surface area contributed by atoms with E-state index in [9.17, 15) is 19.7 Å². The van der Waals surface area contributed by atoms with Crippen molar-refractivity contribution in [2.24, 2.45) is 0 Å². The molecule has 104 valence electrons. The molecule has 1 N–H and O–H groups in total. The highest BCUT2D eigenvalue weighted by Gasteiger charge is 2.27. The van der Waals surface area contributed by atoms with Crippen LogP contribution in [-0.4, -0.2) is 39.9 Å². The normalized spacial score (nSPS) is 9.60. The van der Waals surface area contributed by atoms with Crippen molar-refractivity contribution in [2.75, 3.05) is 13.1 Å². The summed E-state index contributed by atoms with van der Waals surface area (Å²) in [5.41, 5.74) is -0.884. The standard InChI is InChI=1S/C12H9ClN2O5/c1-2-6-14(7-10(16)17)12(18)8-4-3-5-9(13)11(8)15(19)20/h1,3-5H,6-7H2,(H,16,17). The number of rotatable bonds is 5. The van der Waals surface area contributed by atoms with Gasteiger partial charge in [-0.05, 0) is 12.1 Å². The fourth-order valence-corrected chi connectivity index (χ4v) is 1.76. The van der Waals surface area contributed by atoms with Crippen LogP contribution in [0.25, 0.3) is 0 Å². The molecule has 0 unspecified atom stereocenters. The Morgan fingerprint density at radius 1 is 1.50 bits per heavy atom. The maximum atomic E-state index is 12.2. The number of halogens is 1. The minimum absolute atomic E-state index is 0.211. The molecule has 0 spiro atoms. The molecule has 0 aliphatic heterocycles. The fourth-order valence-electron chi connectivity index (χ4n) is 1.52. The van der Waals surface area contributed by atoms with E-state index in [0.29, 0.717) is 0 Å². The number of benzene rings is 1. The molecule has 1 rings (SSSR count). The molecular weight excluding hydrogens is 288 g/mol. The third-order valence-corrected chi connectivity index (χ3v) is 2.60. The number of nitro groups is 1. The topological polar surface area (TPSA) is 101 Å². The Kier molecular flexibility index (Phi) is 5.06. The van der Waals surface area contributed by atoms with Crippen molar-refractivity contribution in [3.63, 3.8) is 0 Å². The molecule has 7 nitrogen and oxygen atoms in total. The third-order valence-electron chi connectivity index (χ3n) is 2.30. The number of nitrogens with zero attached hydrogens (tertiary/aromatic N) is 2. The monoisotopic (exact) mass is 296 g/mol. The van der Waals surface area contributed by atoms with Crippen molar-refractivity contribution in [3.05, 3.63) is 38.9 Å². The highest BCUT2D eigenvalue weighted by molar-refractivity contribution is 6.33. The molecule has 0 fully saturated rings. The summed E-state index contributed by atoms with van der Waals surface area (Å²) in [6.45, 7) is -0.943. The van der Waals surface area contributed by atoms with Crippen molar-refractivity contribution >= 4 is 29.2 Å². The van der Waals surface area contributed by atoms with Crippen molar-refractivity contribution in [1.29, 1.82) is 0 Å². The molecular formula is C12H9ClN2O5. The van der Waals surface area contributed by atoms with Gasteiger partial charge in [0.2, 0.25) is 0 Å². The summed E-state index contributed by atoms with van der Waals surface area (Å²) in [7, 11) is 0. The van der Waals surface area contributed by atoms with Gasteiger partial charge in [-0.1, -0.05) is 23.6 Å². The van der Waals surface area contributed by atoms with Crippen LogP contribution in [0.4, 0.5) is 5.69 Å². The number of hydrogen-bond acceptors (Lipinski definition) is 4. The summed E-state index contributed by atoms with van der Waals surface area (Å²) in [5.74, 6) is -0.0148. The molecule has 0 atom stereocenters. The second-order valence-electron chi connectivity index (χ2n) is 3.65. The number of nitro benzene ring substituents is 1. The van der Waals surface area contributed by atoms with Gasteiger partial charge in [0.1, 0.15) is 17.1 Å². The average Bonchev–Trinajstić information content (AvgIpc) is 2.36. The lowest BCUT2D eigenvalue weighted by Gasteiger charge is -2.17. The van der Waals surface area contributed by atoms with Gasteiger partial charge in [-0.25, -0.2) is 0 Å². The predicted octanol–water partition coefficient (Wildman–Crippen LogP) is 1.41. The van der Waals surface area contributed by atoms with Crippen LogP contribution in [-0.2, 0) is 4.79 Å². The van der Waals surface area contributed by atoms with Crippen LogP contribution < -0.4 is 0 Å². The zero-order valence-corrected chi connectivity index (χ0v) is 10.8. The lowest BCUT2D eigenvalue weighted by atomic mass is 10.1. The Morgan fingerprint density at radius 2 is 2.15 bits per heavy atom. The Labute approximate surface area is 118 Å². The molecule has 0 saturated heterocycles. The van der Waals surface area contributed by atoms with E-state index in [2.05, 4.69) is 5.92 Å². The van der Waals surface area contributed by atoms with E-state index >= 15 is 0 Å². The molecule has 1 aromatic carbocycles. The van der Waals surface area contributed by atoms with E-state index in [1.54, 1.807) is 0 Å². The lowest BCUT2D eigenvalue weighted by molar-refractivity contribution is -0.385. The van der Waals surface area contributed by atoms with Crippen LogP contribution in [0.5, 0.6) is 0 Å². The van der Waals surface area contributed by atoms with Gasteiger partial charge in [0.15, 0.2) is 0 Å². The molecule has 0 heterocycles. The summed E-state index contributed by atoms with van der Waals surface area (Å²) < 4.78 is 0. The Morgan fingerprint density at radius 3 is 2.65 bits per heavy atom. The van der Waals surface area contributed by atoms with Gasteiger partial charge in [0.05, 0.1) is 11.5 Å². The first-order valence-corrected chi connectivity index (χ1v) is 5.63. The van der Waals surface area contributed by atoms with E-state index in [4.69, 9.17) is 23.1 Å². The summed E-state index contributed by atoms with van der Waals surface area (Å²) in [6.07, 6.45) is 5.05. The van der Waals surface area contributed by atoms with Gasteiger partial charge in [0.25, 0.3) is 5.91 Å². The second kappa shape index (κ2) is 6.54. The smallest absolute Gasteiger partial charge is 0.323 e. The minimum Gasteiger partial charge on any atom is -0.480 e. The summed E-state index contributed by atoms with van der Waals surface area (Å²) in [5, 5.41) is 19.4. The zero-order chi connectivity index (χ0) is 15.3. The third kappa shape index (κ3) is 3.46. The van der Waals surface area contributed by atoms with Crippen molar-refractivity contribution in [1.82, 2.24) is 4.90 Å². The number of hydrogen-bond donors (Lipinski definition) is 1. The number of para-hydroxylation sites is 1. The van der Waals surface area contributed by atoms with Gasteiger partial charge in [0, 0.05) is 0 Å². The van der Waals surface area contributed by atoms with Crippen LogP contribution in [0.3, 0.4) is 0 Å². The molecule has 8 heteroatoms. The van der Waals surface area contributed by atoms with Crippen LogP contribution in [0.1, 0.15) is 10.4 Å². The predicted molar refractivity (Wildman–Crippen MR) is 70.5 cm³/mol. The summed E-state index contributed by atoms with van der Waals surface area (Å²) >= 11 is 5.69. The molecule has 0 bridgehead atoms. The SMILES string of the molecule is C#CCN(CC(=O)O)C(=O)c1cccc(Cl)c1[N+](=O)[O-]. The van der Waals surface area contributed by atoms with Gasteiger partial charge >= 0.3 is 11.7 Å². The Balaban J connectivity index is 3.25. The first kappa shape index (κ1) is 15.5. The quantitative estimate of drug-likeness (QED) is 0.503. The molecule has 1 aromatic rings. The largest absolute Gasteiger partial charge is 0.480 e. The van der Waals surface area contributed by atoms with E-state index < -0.39 is 29.0 Å². The van der Waals surface area contributed by atoms with Crippen molar-refractivity contribution in [3.8, 4) is 12.3 Å². The van der Waals surface area contributed by atoms with Gasteiger partial charge in [-0.3, -0.25) is 19.7 Å². The van der Waals surface area contributed by atoms with E-state index in [1.165, 1.54) is 18.2 Å². The van der Waals surface area contributed by atoms with E-state index in [-0.39, 0.29) is 17.1 Å². The maximum absolute atomic E-state index is 12.2. The summed E-state index contributed by atoms with van der Waals surface area (Å²) in [6, 6.07) is 3.81. The van der Waals surface area contributed by atoms with E-state index in [1.807, 2.05) is 0 Å². The molecule has 0 saturated carbocycles. The molecule has 0 aliphatic rings. The zero-order valence-electron chi connectivity index (χ0n) is 10.1. The Bertz CT molecular complexity index is 608. The van der Waals surface area contributed by atoms with Gasteiger partial charge in [-0.2, -0.15) is 0 Å². The minimum atomic E-state index is -1.28. The van der Waals surface area contributed by atoms with Crippen molar-refractivity contribution in [2.45, 2.75) is 0 Å². The number of terminal acetylenes is 1. The number of aliphatic carboxylic acids is 1. The molecule has 20 heavy (non-hydrogen) atoms. The molecule has 0 aliphatic carbocycles. The molecule has 0 radical (unpaired) electrons. The number of amides is 1. The summed E-state index contributed by atoms with van der Waals surface area (Å²) in [4.78, 5) is 33.8. The first-order chi connectivity index (χ1) is 9.38. The highest BCUT2D eigenvalue weighted by Crippen LogP contribution is 2.29. The number of carbonyl (C=O) groups excluding carboxylic acids is 1. The van der Waals surface area contributed by atoms with Crippen LogP contribution in [0, 0.1) is 22.5 Å². The van der Waals surface area contributed by atoms with Crippen LogP contribution >= 0.6 is 11.6 Å². The van der Waals surface area contributed by atoms with Gasteiger partial charge in [-0.15, -0.1) is 6.42 Å². The number of carbonyl (C=O) groups is 2. The Hall–Kier alpha value is -2.59. The maximum Gasteiger partial charge on any atom is 0.323 e. The van der Waals surface area contributed by atoms with Gasteiger partial charge < -0.3 is 10.0 Å².